The van der Waals surface area contributed by atoms with E-state index in [-0.39, 0.29) is 12.4 Å². The molecule has 0 unspecified atom stereocenters. The molecule has 0 aromatic heterocycles. The average molecular weight is 331 g/mol. The summed E-state index contributed by atoms with van der Waals surface area (Å²) in [6, 6.07) is 19.5. The maximum atomic E-state index is 3.19. The van der Waals surface area contributed by atoms with Gasteiger partial charge < -0.3 is 12.4 Å². The molecule has 0 aliphatic carbocycles. The lowest BCUT2D eigenvalue weighted by Crippen LogP contribution is -3.00. The average Bonchev–Trinajstić information content (AvgIpc) is 2.54. The van der Waals surface area contributed by atoms with Crippen LogP contribution in [0.15, 0.2) is 54.6 Å². The van der Waals surface area contributed by atoms with Crippen molar-refractivity contribution in [1.82, 2.24) is 5.32 Å². The van der Waals surface area contributed by atoms with Gasteiger partial charge >= 0.3 is 5.17 Å². The monoisotopic (exact) mass is 330 g/mol. The molecule has 2 N–H and O–H groups in total. The SMILES string of the molecule is CNC(=[NH+]C)SCc1c2ccccc2cc2ccccc12.[Cl-]. The molecule has 0 heterocycles. The number of thioether (sulfide) groups is 1. The van der Waals surface area contributed by atoms with Crippen LogP contribution in [0.5, 0.6) is 0 Å². The van der Waals surface area contributed by atoms with Gasteiger partial charge in [-0.1, -0.05) is 48.5 Å². The summed E-state index contributed by atoms with van der Waals surface area (Å²) in [5.74, 6) is 0.943. The number of amidine groups is 1. The van der Waals surface area contributed by atoms with E-state index in [1.807, 2.05) is 14.1 Å². The largest absolute Gasteiger partial charge is 1.00 e. The quantitative estimate of drug-likeness (QED) is 0.377. The highest BCUT2D eigenvalue weighted by molar-refractivity contribution is 8.12. The van der Waals surface area contributed by atoms with Crippen LogP contribution in [0.2, 0.25) is 0 Å². The number of hydrogen-bond donors (Lipinski definition) is 2. The molecule has 0 bridgehead atoms. The lowest BCUT2D eigenvalue weighted by atomic mass is 9.98. The Labute approximate surface area is 141 Å². The third-order valence-electron chi connectivity index (χ3n) is 3.70. The van der Waals surface area contributed by atoms with E-state index in [1.54, 1.807) is 11.8 Å². The van der Waals surface area contributed by atoms with E-state index >= 15 is 0 Å². The Balaban J connectivity index is 0.00000176. The van der Waals surface area contributed by atoms with Crippen molar-refractivity contribution in [3.63, 3.8) is 0 Å². The van der Waals surface area contributed by atoms with Crippen LogP contribution in [0, 0.1) is 0 Å². The summed E-state index contributed by atoms with van der Waals surface area (Å²) in [6.45, 7) is 0. The maximum absolute atomic E-state index is 3.19. The molecule has 2 nitrogen and oxygen atoms in total. The molecule has 114 valence electrons. The minimum atomic E-state index is 0. The zero-order chi connectivity index (χ0) is 14.7. The Morgan fingerprint density at radius 2 is 1.55 bits per heavy atom. The minimum absolute atomic E-state index is 0. The lowest BCUT2D eigenvalue weighted by molar-refractivity contribution is -0.418. The summed E-state index contributed by atoms with van der Waals surface area (Å²) in [4.78, 5) is 3.19. The van der Waals surface area contributed by atoms with Gasteiger partial charge in [0.2, 0.25) is 0 Å². The molecule has 3 rings (SSSR count). The predicted octanol–water partition coefficient (Wildman–Crippen LogP) is -0.484. The van der Waals surface area contributed by atoms with Crippen LogP contribution in [0.1, 0.15) is 5.56 Å². The molecule has 0 amide bonds. The van der Waals surface area contributed by atoms with Gasteiger partial charge in [0, 0.05) is 5.75 Å². The van der Waals surface area contributed by atoms with Gasteiger partial charge in [-0.05, 0) is 44.9 Å². The maximum Gasteiger partial charge on any atom is 0.303 e. The van der Waals surface area contributed by atoms with Crippen molar-refractivity contribution >= 4 is 38.5 Å². The van der Waals surface area contributed by atoms with E-state index in [2.05, 4.69) is 64.9 Å². The van der Waals surface area contributed by atoms with Crippen molar-refractivity contribution in [2.45, 2.75) is 5.75 Å². The second kappa shape index (κ2) is 7.52. The Kier molecular flexibility index (Phi) is 5.69. The molecule has 0 atom stereocenters. The Morgan fingerprint density at radius 1 is 1.00 bits per heavy atom. The highest BCUT2D eigenvalue weighted by Gasteiger charge is 2.10. The van der Waals surface area contributed by atoms with Crippen LogP contribution in [0.3, 0.4) is 0 Å². The first-order chi connectivity index (χ1) is 10.3. The number of hydrogen-bond acceptors (Lipinski definition) is 1. The van der Waals surface area contributed by atoms with Gasteiger partial charge in [-0.3, -0.25) is 10.3 Å². The molecule has 3 aromatic rings. The zero-order valence-corrected chi connectivity index (χ0v) is 14.3. The van der Waals surface area contributed by atoms with Crippen LogP contribution >= 0.6 is 11.8 Å². The van der Waals surface area contributed by atoms with Crippen LogP contribution in [-0.2, 0) is 5.75 Å². The molecule has 0 radical (unpaired) electrons. The summed E-state index contributed by atoms with van der Waals surface area (Å²) in [5, 5.41) is 9.58. The van der Waals surface area contributed by atoms with Gasteiger partial charge in [0.05, 0.1) is 14.1 Å². The zero-order valence-electron chi connectivity index (χ0n) is 12.7. The van der Waals surface area contributed by atoms with Crippen LogP contribution in [0.4, 0.5) is 0 Å². The first-order valence-corrected chi connectivity index (χ1v) is 8.06. The molecule has 3 aromatic carbocycles. The van der Waals surface area contributed by atoms with E-state index < -0.39 is 0 Å². The van der Waals surface area contributed by atoms with Crippen molar-refractivity contribution in [2.24, 2.45) is 0 Å². The van der Waals surface area contributed by atoms with E-state index in [1.165, 1.54) is 27.1 Å². The van der Waals surface area contributed by atoms with E-state index in [0.29, 0.717) is 0 Å². The Hall–Kier alpha value is -1.71. The fourth-order valence-corrected chi connectivity index (χ4v) is 3.57. The van der Waals surface area contributed by atoms with Crippen molar-refractivity contribution < 1.29 is 17.4 Å². The molecule has 22 heavy (non-hydrogen) atoms. The van der Waals surface area contributed by atoms with Gasteiger partial charge in [-0.15, -0.1) is 0 Å². The highest BCUT2D eigenvalue weighted by atomic mass is 35.5. The number of fused-ring (bicyclic) bond motifs is 2. The number of nitrogens with one attached hydrogen (secondary N) is 2. The number of rotatable bonds is 2. The standard InChI is InChI=1S/C18H18N2S.ClH/c1-19-18(20-2)21-12-17-15-9-5-3-7-13(15)11-14-8-4-6-10-16(14)17;/h3-11H,12H2,1-2H3,(H,19,20);1H. The van der Waals surface area contributed by atoms with Gasteiger partial charge in [0.25, 0.3) is 0 Å². The molecule has 0 spiro atoms. The molecule has 0 saturated heterocycles. The van der Waals surface area contributed by atoms with Gasteiger partial charge in [0.1, 0.15) is 0 Å². The molecular weight excluding hydrogens is 312 g/mol. The Bertz CT molecular complexity index is 760. The van der Waals surface area contributed by atoms with Crippen LogP contribution in [-0.4, -0.2) is 19.3 Å². The van der Waals surface area contributed by atoms with E-state index in [4.69, 9.17) is 0 Å². The molecule has 0 aliphatic rings. The minimum Gasteiger partial charge on any atom is -1.00 e. The summed E-state index contributed by atoms with van der Waals surface area (Å²) in [5.41, 5.74) is 1.40. The second-order valence-electron chi connectivity index (χ2n) is 4.92. The number of benzene rings is 3. The molecule has 0 aliphatic heterocycles. The molecule has 0 saturated carbocycles. The van der Waals surface area contributed by atoms with Crippen molar-refractivity contribution in [1.29, 1.82) is 0 Å². The van der Waals surface area contributed by atoms with E-state index in [0.717, 1.165) is 10.9 Å². The number of halogens is 1. The van der Waals surface area contributed by atoms with Gasteiger partial charge in [-0.25, -0.2) is 0 Å². The lowest BCUT2D eigenvalue weighted by Gasteiger charge is -2.10. The smallest absolute Gasteiger partial charge is 0.303 e. The van der Waals surface area contributed by atoms with Crippen LogP contribution < -0.4 is 22.7 Å². The van der Waals surface area contributed by atoms with Crippen molar-refractivity contribution in [3.8, 4) is 0 Å². The summed E-state index contributed by atoms with van der Waals surface area (Å²) < 4.78 is 0. The fourth-order valence-electron chi connectivity index (χ4n) is 2.68. The Morgan fingerprint density at radius 3 is 2.05 bits per heavy atom. The summed E-state index contributed by atoms with van der Waals surface area (Å²) in [6.07, 6.45) is 0. The van der Waals surface area contributed by atoms with Crippen molar-refractivity contribution in [3.05, 3.63) is 60.2 Å². The summed E-state index contributed by atoms with van der Waals surface area (Å²) in [7, 11) is 3.89. The topological polar surface area (TPSA) is 26.0 Å². The van der Waals surface area contributed by atoms with Crippen LogP contribution in [0.25, 0.3) is 21.5 Å². The predicted molar refractivity (Wildman–Crippen MR) is 93.7 cm³/mol. The third-order valence-corrected chi connectivity index (χ3v) is 4.83. The normalized spacial score (nSPS) is 11.5. The fraction of sp³-hybridized carbons (Fsp3) is 0.167. The van der Waals surface area contributed by atoms with Gasteiger partial charge in [-0.2, -0.15) is 0 Å². The molecule has 0 fully saturated rings. The van der Waals surface area contributed by atoms with Crippen molar-refractivity contribution in [2.75, 3.05) is 14.1 Å². The summed E-state index contributed by atoms with van der Waals surface area (Å²) >= 11 is 1.80. The van der Waals surface area contributed by atoms with Gasteiger partial charge in [0.15, 0.2) is 0 Å². The third kappa shape index (κ3) is 3.21. The first-order valence-electron chi connectivity index (χ1n) is 7.08. The highest BCUT2D eigenvalue weighted by Crippen LogP contribution is 2.30. The van der Waals surface area contributed by atoms with E-state index in [9.17, 15) is 0 Å². The second-order valence-corrected chi connectivity index (χ2v) is 5.90. The first kappa shape index (κ1) is 16.7. The molecule has 4 heteroatoms. The molecular formula is C18H19ClN2S.